The Bertz CT molecular complexity index is 938. The number of aryl methyl sites for hydroxylation is 1. The molecule has 3 aliphatic rings. The zero-order chi connectivity index (χ0) is 19.4. The lowest BCUT2D eigenvalue weighted by Crippen LogP contribution is -2.33. The maximum atomic E-state index is 14.1. The Morgan fingerprint density at radius 3 is 2.82 bits per heavy atom. The van der Waals surface area contributed by atoms with Gasteiger partial charge in [0.2, 0.25) is 5.91 Å². The van der Waals surface area contributed by atoms with Crippen molar-refractivity contribution < 1.29 is 13.6 Å². The number of imidazole rings is 1. The van der Waals surface area contributed by atoms with Crippen LogP contribution in [0.15, 0.2) is 18.2 Å². The van der Waals surface area contributed by atoms with Crippen LogP contribution in [0.5, 0.6) is 0 Å². The number of fused-ring (bicyclic) bond motifs is 1. The highest BCUT2D eigenvalue weighted by molar-refractivity contribution is 5.83. The van der Waals surface area contributed by atoms with Crippen LogP contribution in [-0.4, -0.2) is 26.9 Å². The number of rotatable bonds is 3. The van der Waals surface area contributed by atoms with Crippen molar-refractivity contribution in [3.05, 3.63) is 52.6 Å². The van der Waals surface area contributed by atoms with Crippen LogP contribution < -0.4 is 0 Å². The number of likely N-dealkylation sites (tertiary alicyclic amines) is 1. The van der Waals surface area contributed by atoms with Gasteiger partial charge in [0.1, 0.15) is 17.5 Å². The minimum atomic E-state index is -0.452. The van der Waals surface area contributed by atoms with E-state index in [1.807, 2.05) is 4.90 Å². The van der Waals surface area contributed by atoms with Crippen LogP contribution in [0.25, 0.3) is 0 Å². The topological polar surface area (TPSA) is 38.1 Å². The van der Waals surface area contributed by atoms with Crippen LogP contribution in [0, 0.1) is 17.6 Å². The molecular formula is C22H25F2N3O. The molecule has 1 saturated carbocycles. The predicted octanol–water partition coefficient (Wildman–Crippen LogP) is 4.04. The Morgan fingerprint density at radius 2 is 2.00 bits per heavy atom. The lowest BCUT2D eigenvalue weighted by atomic mass is 10.0. The van der Waals surface area contributed by atoms with Crippen LogP contribution in [0.2, 0.25) is 0 Å². The van der Waals surface area contributed by atoms with Crippen molar-refractivity contribution in [2.45, 2.75) is 56.9 Å². The maximum Gasteiger partial charge on any atom is 0.226 e. The van der Waals surface area contributed by atoms with Gasteiger partial charge in [0.05, 0.1) is 11.7 Å². The van der Waals surface area contributed by atoms with Crippen molar-refractivity contribution in [2.75, 3.05) is 6.54 Å². The van der Waals surface area contributed by atoms with Gasteiger partial charge in [-0.15, -0.1) is 0 Å². The number of benzene rings is 1. The van der Waals surface area contributed by atoms with Crippen LogP contribution in [0.1, 0.15) is 66.8 Å². The summed E-state index contributed by atoms with van der Waals surface area (Å²) in [7, 11) is 2.06. The molecule has 1 aromatic carbocycles. The second-order valence-electron chi connectivity index (χ2n) is 8.43. The zero-order valence-corrected chi connectivity index (χ0v) is 16.1. The quantitative estimate of drug-likeness (QED) is 0.800. The Morgan fingerprint density at radius 1 is 1.18 bits per heavy atom. The molecule has 0 spiro atoms. The van der Waals surface area contributed by atoms with E-state index in [9.17, 15) is 13.6 Å². The van der Waals surface area contributed by atoms with Crippen LogP contribution in [0.3, 0.4) is 0 Å². The number of carbonyl (C=O) groups excluding carboxylic acids is 1. The Labute approximate surface area is 163 Å². The van der Waals surface area contributed by atoms with Gasteiger partial charge in [0.15, 0.2) is 0 Å². The largest absolute Gasteiger partial charge is 0.333 e. The predicted molar refractivity (Wildman–Crippen MR) is 101 cm³/mol. The van der Waals surface area contributed by atoms with Crippen LogP contribution in [-0.2, 0) is 24.7 Å². The molecule has 5 rings (SSSR count). The molecule has 1 aromatic heterocycles. The molecule has 0 radical (unpaired) electrons. The fourth-order valence-corrected chi connectivity index (χ4v) is 5.13. The average molecular weight is 385 g/mol. The molecule has 4 nitrogen and oxygen atoms in total. The third kappa shape index (κ3) is 2.85. The monoisotopic (exact) mass is 385 g/mol. The van der Waals surface area contributed by atoms with E-state index < -0.39 is 11.6 Å². The Balaban J connectivity index is 1.37. The lowest BCUT2D eigenvalue weighted by molar-refractivity contribution is -0.133. The van der Waals surface area contributed by atoms with Gasteiger partial charge in [0.25, 0.3) is 0 Å². The van der Waals surface area contributed by atoms with E-state index in [-0.39, 0.29) is 23.8 Å². The third-order valence-corrected chi connectivity index (χ3v) is 6.71. The molecule has 1 saturated heterocycles. The molecule has 1 amide bonds. The SMILES string of the molecule is Cn1c(C2CCCN2C(=O)C2CC2c2cc(F)ccc2F)nc2c1CCCC2. The van der Waals surface area contributed by atoms with Crippen molar-refractivity contribution in [2.24, 2.45) is 13.0 Å². The van der Waals surface area contributed by atoms with Gasteiger partial charge in [-0.2, -0.15) is 0 Å². The van der Waals surface area contributed by atoms with Crippen molar-refractivity contribution in [1.29, 1.82) is 0 Å². The van der Waals surface area contributed by atoms with E-state index >= 15 is 0 Å². The fraction of sp³-hybridized carbons (Fsp3) is 0.545. The average Bonchev–Trinajstić information content (AvgIpc) is 3.21. The third-order valence-electron chi connectivity index (χ3n) is 6.71. The summed E-state index contributed by atoms with van der Waals surface area (Å²) in [6, 6.07) is 3.52. The molecule has 0 N–H and O–H groups in total. The first kappa shape index (κ1) is 17.8. The number of halogens is 2. The molecule has 0 bridgehead atoms. The molecule has 3 atom stereocenters. The van der Waals surface area contributed by atoms with E-state index in [1.165, 1.54) is 30.3 Å². The smallest absolute Gasteiger partial charge is 0.226 e. The molecular weight excluding hydrogens is 360 g/mol. The molecule has 2 aromatic rings. The van der Waals surface area contributed by atoms with E-state index in [1.54, 1.807) is 0 Å². The number of hydrogen-bond donors (Lipinski definition) is 0. The second-order valence-corrected chi connectivity index (χ2v) is 8.43. The summed E-state index contributed by atoms with van der Waals surface area (Å²) >= 11 is 0. The fourth-order valence-electron chi connectivity index (χ4n) is 5.13. The molecule has 28 heavy (non-hydrogen) atoms. The number of amides is 1. The van der Waals surface area contributed by atoms with E-state index in [2.05, 4.69) is 11.6 Å². The van der Waals surface area contributed by atoms with Gasteiger partial charge in [-0.1, -0.05) is 0 Å². The summed E-state index contributed by atoms with van der Waals surface area (Å²) in [5, 5.41) is 0. The summed E-state index contributed by atoms with van der Waals surface area (Å²) in [4.78, 5) is 20.0. The first-order valence-electron chi connectivity index (χ1n) is 10.3. The van der Waals surface area contributed by atoms with E-state index in [4.69, 9.17) is 4.98 Å². The van der Waals surface area contributed by atoms with E-state index in [0.717, 1.165) is 50.2 Å². The van der Waals surface area contributed by atoms with Gasteiger partial charge in [-0.25, -0.2) is 13.8 Å². The van der Waals surface area contributed by atoms with Gasteiger partial charge in [-0.05, 0) is 74.6 Å². The Hall–Kier alpha value is -2.24. The lowest BCUT2D eigenvalue weighted by Gasteiger charge is -2.25. The first-order chi connectivity index (χ1) is 13.5. The van der Waals surface area contributed by atoms with Crippen LogP contribution in [0.4, 0.5) is 8.78 Å². The summed E-state index contributed by atoms with van der Waals surface area (Å²) in [5.41, 5.74) is 2.84. The highest BCUT2D eigenvalue weighted by Gasteiger charge is 2.49. The standard InChI is InChI=1S/C22H25F2N3O/c1-26-19-6-3-2-5-18(19)25-21(26)20-7-4-10-27(20)22(28)16-12-14(16)15-11-13(23)8-9-17(15)24/h8-9,11,14,16,20H,2-7,10,12H2,1H3. The summed E-state index contributed by atoms with van der Waals surface area (Å²) in [6.45, 7) is 0.718. The summed E-state index contributed by atoms with van der Waals surface area (Å²) in [5.74, 6) is -0.265. The summed E-state index contributed by atoms with van der Waals surface area (Å²) in [6.07, 6.45) is 6.93. The molecule has 148 valence electrons. The van der Waals surface area contributed by atoms with Crippen LogP contribution >= 0.6 is 0 Å². The first-order valence-corrected chi connectivity index (χ1v) is 10.3. The van der Waals surface area contributed by atoms with Crippen molar-refractivity contribution in [3.8, 4) is 0 Å². The molecule has 6 heteroatoms. The number of hydrogen-bond acceptors (Lipinski definition) is 2. The van der Waals surface area contributed by atoms with Gasteiger partial charge in [-0.3, -0.25) is 4.79 Å². The number of carbonyl (C=O) groups is 1. The van der Waals surface area contributed by atoms with Crippen molar-refractivity contribution in [1.82, 2.24) is 14.5 Å². The number of nitrogens with zero attached hydrogens (tertiary/aromatic N) is 3. The van der Waals surface area contributed by atoms with Crippen molar-refractivity contribution in [3.63, 3.8) is 0 Å². The number of aromatic nitrogens is 2. The van der Waals surface area contributed by atoms with Crippen molar-refractivity contribution >= 4 is 5.91 Å². The molecule has 2 aliphatic carbocycles. The van der Waals surface area contributed by atoms with Gasteiger partial charge in [0, 0.05) is 25.2 Å². The zero-order valence-electron chi connectivity index (χ0n) is 16.1. The van der Waals surface area contributed by atoms with E-state index in [0.29, 0.717) is 12.0 Å². The minimum Gasteiger partial charge on any atom is -0.333 e. The highest BCUT2D eigenvalue weighted by Crippen LogP contribution is 2.51. The molecule has 3 unspecified atom stereocenters. The Kier molecular flexibility index (Phi) is 4.25. The second kappa shape index (κ2) is 6.68. The molecule has 2 heterocycles. The maximum absolute atomic E-state index is 14.1. The minimum absolute atomic E-state index is 0.00158. The normalized spacial score (nSPS) is 26.4. The van der Waals surface area contributed by atoms with Gasteiger partial charge < -0.3 is 9.47 Å². The molecule has 2 fully saturated rings. The summed E-state index contributed by atoms with van der Waals surface area (Å²) < 4.78 is 29.8. The van der Waals surface area contributed by atoms with Gasteiger partial charge >= 0.3 is 0 Å². The highest BCUT2D eigenvalue weighted by atomic mass is 19.1. The molecule has 1 aliphatic heterocycles.